The van der Waals surface area contributed by atoms with Crippen molar-refractivity contribution in [3.05, 3.63) is 65.2 Å². The van der Waals surface area contributed by atoms with Crippen molar-refractivity contribution in [1.29, 1.82) is 0 Å². The Hall–Kier alpha value is -2.62. The fourth-order valence-electron chi connectivity index (χ4n) is 3.39. The summed E-state index contributed by atoms with van der Waals surface area (Å²) in [6.07, 6.45) is 0. The van der Waals surface area contributed by atoms with Gasteiger partial charge in [0.05, 0.1) is 0 Å². The lowest BCUT2D eigenvalue weighted by Crippen LogP contribution is -2.57. The summed E-state index contributed by atoms with van der Waals surface area (Å²) in [5, 5.41) is 0. The molecule has 136 valence electrons. The van der Waals surface area contributed by atoms with E-state index in [1.165, 1.54) is 5.56 Å². The monoisotopic (exact) mass is 350 g/mol. The number of carbonyl (C=O) groups is 2. The summed E-state index contributed by atoms with van der Waals surface area (Å²) in [4.78, 5) is 29.2. The van der Waals surface area contributed by atoms with E-state index in [1.54, 1.807) is 9.80 Å². The van der Waals surface area contributed by atoms with Crippen LogP contribution >= 0.6 is 0 Å². The van der Waals surface area contributed by atoms with Gasteiger partial charge in [0.2, 0.25) is 5.91 Å². The molecule has 0 saturated carbocycles. The van der Waals surface area contributed by atoms with Gasteiger partial charge in [-0.15, -0.1) is 0 Å². The Balaban J connectivity index is 1.77. The SMILES string of the molecule is Cc1cccc(C(=O)N2CCN(c3ccc(C(C)C)cc3)C(=O)C2C)c1. The first-order valence-electron chi connectivity index (χ1n) is 9.17. The Morgan fingerprint density at radius 1 is 1.08 bits per heavy atom. The number of anilines is 1. The number of benzene rings is 2. The van der Waals surface area contributed by atoms with Gasteiger partial charge in [0, 0.05) is 24.3 Å². The van der Waals surface area contributed by atoms with Crippen LogP contribution in [-0.2, 0) is 4.79 Å². The van der Waals surface area contributed by atoms with Crippen molar-refractivity contribution in [1.82, 2.24) is 4.90 Å². The summed E-state index contributed by atoms with van der Waals surface area (Å²) in [6.45, 7) is 9.12. The van der Waals surface area contributed by atoms with E-state index in [9.17, 15) is 9.59 Å². The molecule has 2 aromatic carbocycles. The minimum absolute atomic E-state index is 0.0328. The van der Waals surface area contributed by atoms with Crippen molar-refractivity contribution in [2.75, 3.05) is 18.0 Å². The molecule has 1 unspecified atom stereocenters. The molecule has 1 atom stereocenters. The van der Waals surface area contributed by atoms with E-state index >= 15 is 0 Å². The summed E-state index contributed by atoms with van der Waals surface area (Å²) >= 11 is 0. The van der Waals surface area contributed by atoms with Crippen molar-refractivity contribution in [2.45, 2.75) is 39.7 Å². The number of carbonyl (C=O) groups excluding carboxylic acids is 2. The molecule has 0 N–H and O–H groups in total. The van der Waals surface area contributed by atoms with Gasteiger partial charge in [-0.2, -0.15) is 0 Å². The van der Waals surface area contributed by atoms with Crippen LogP contribution in [0.15, 0.2) is 48.5 Å². The molecule has 4 heteroatoms. The molecule has 3 rings (SSSR count). The van der Waals surface area contributed by atoms with Gasteiger partial charge in [0.15, 0.2) is 0 Å². The smallest absolute Gasteiger partial charge is 0.254 e. The predicted molar refractivity (Wildman–Crippen MR) is 105 cm³/mol. The van der Waals surface area contributed by atoms with Gasteiger partial charge in [-0.3, -0.25) is 9.59 Å². The lowest BCUT2D eigenvalue weighted by Gasteiger charge is -2.39. The molecule has 0 spiro atoms. The van der Waals surface area contributed by atoms with E-state index in [-0.39, 0.29) is 11.8 Å². The van der Waals surface area contributed by atoms with Crippen LogP contribution in [0.3, 0.4) is 0 Å². The van der Waals surface area contributed by atoms with E-state index < -0.39 is 6.04 Å². The molecule has 0 aromatic heterocycles. The largest absolute Gasteiger partial charge is 0.325 e. The van der Waals surface area contributed by atoms with Gasteiger partial charge in [-0.25, -0.2) is 0 Å². The molecule has 2 amide bonds. The van der Waals surface area contributed by atoms with E-state index in [1.807, 2.05) is 50.2 Å². The van der Waals surface area contributed by atoms with Gasteiger partial charge >= 0.3 is 0 Å². The van der Waals surface area contributed by atoms with Crippen LogP contribution < -0.4 is 4.90 Å². The molecule has 0 radical (unpaired) electrons. The van der Waals surface area contributed by atoms with E-state index in [4.69, 9.17) is 0 Å². The quantitative estimate of drug-likeness (QED) is 0.840. The highest BCUT2D eigenvalue weighted by Gasteiger charge is 2.35. The number of rotatable bonds is 3. The first-order chi connectivity index (χ1) is 12.4. The summed E-state index contributed by atoms with van der Waals surface area (Å²) in [7, 11) is 0. The first-order valence-corrected chi connectivity index (χ1v) is 9.17. The lowest BCUT2D eigenvalue weighted by atomic mass is 10.0. The minimum atomic E-state index is -0.471. The van der Waals surface area contributed by atoms with Gasteiger partial charge in [0.1, 0.15) is 6.04 Å². The Morgan fingerprint density at radius 2 is 1.77 bits per heavy atom. The van der Waals surface area contributed by atoms with Crippen molar-refractivity contribution in [2.24, 2.45) is 0 Å². The summed E-state index contributed by atoms with van der Waals surface area (Å²) in [5.41, 5.74) is 3.83. The second-order valence-electron chi connectivity index (χ2n) is 7.28. The van der Waals surface area contributed by atoms with Crippen LogP contribution in [0.5, 0.6) is 0 Å². The first kappa shape index (κ1) is 18.2. The number of amides is 2. The highest BCUT2D eigenvalue weighted by Crippen LogP contribution is 2.24. The fourth-order valence-corrected chi connectivity index (χ4v) is 3.39. The molecular formula is C22H26N2O2. The van der Waals surface area contributed by atoms with E-state index in [0.29, 0.717) is 24.6 Å². The molecule has 0 aliphatic carbocycles. The number of hydrogen-bond acceptors (Lipinski definition) is 2. The van der Waals surface area contributed by atoms with Gasteiger partial charge in [-0.05, 0) is 49.6 Å². The molecule has 1 aliphatic heterocycles. The number of aryl methyl sites for hydroxylation is 1. The Morgan fingerprint density at radius 3 is 2.38 bits per heavy atom. The van der Waals surface area contributed by atoms with Crippen molar-refractivity contribution >= 4 is 17.5 Å². The van der Waals surface area contributed by atoms with Crippen LogP contribution in [0.1, 0.15) is 48.2 Å². The molecule has 2 aromatic rings. The zero-order chi connectivity index (χ0) is 18.8. The van der Waals surface area contributed by atoms with Crippen LogP contribution in [0, 0.1) is 6.92 Å². The second kappa shape index (κ2) is 7.32. The average molecular weight is 350 g/mol. The average Bonchev–Trinajstić information content (AvgIpc) is 2.63. The molecule has 4 nitrogen and oxygen atoms in total. The third kappa shape index (κ3) is 3.50. The van der Waals surface area contributed by atoms with Crippen molar-refractivity contribution in [3.8, 4) is 0 Å². The molecule has 1 fully saturated rings. The molecule has 26 heavy (non-hydrogen) atoms. The predicted octanol–water partition coefficient (Wildman–Crippen LogP) is 4.00. The number of hydrogen-bond donors (Lipinski definition) is 0. The minimum Gasteiger partial charge on any atom is -0.325 e. The highest BCUT2D eigenvalue weighted by atomic mass is 16.2. The molecular weight excluding hydrogens is 324 g/mol. The van der Waals surface area contributed by atoms with Crippen LogP contribution in [0.25, 0.3) is 0 Å². The number of nitrogens with zero attached hydrogens (tertiary/aromatic N) is 2. The maximum absolute atomic E-state index is 12.9. The zero-order valence-electron chi connectivity index (χ0n) is 15.9. The topological polar surface area (TPSA) is 40.6 Å². The standard InChI is InChI=1S/C22H26N2O2/c1-15(2)18-8-10-20(11-9-18)24-13-12-23(17(4)21(24)25)22(26)19-7-5-6-16(3)14-19/h5-11,14-15,17H,12-13H2,1-4H3. The van der Waals surface area contributed by atoms with Crippen molar-refractivity contribution < 1.29 is 9.59 Å². The Labute approximate surface area is 155 Å². The molecule has 1 aliphatic rings. The normalized spacial score (nSPS) is 17.7. The van der Waals surface area contributed by atoms with E-state index in [0.717, 1.165) is 11.3 Å². The molecule has 1 heterocycles. The Kier molecular flexibility index (Phi) is 5.12. The van der Waals surface area contributed by atoms with Gasteiger partial charge in [0.25, 0.3) is 5.91 Å². The summed E-state index contributed by atoms with van der Waals surface area (Å²) in [6, 6.07) is 15.2. The number of piperazine rings is 1. The van der Waals surface area contributed by atoms with Crippen LogP contribution in [0.4, 0.5) is 5.69 Å². The molecule has 0 bridgehead atoms. The van der Waals surface area contributed by atoms with Crippen LogP contribution in [-0.4, -0.2) is 35.8 Å². The van der Waals surface area contributed by atoms with Crippen LogP contribution in [0.2, 0.25) is 0 Å². The fraction of sp³-hybridized carbons (Fsp3) is 0.364. The summed E-state index contributed by atoms with van der Waals surface area (Å²) in [5.74, 6) is 0.348. The second-order valence-corrected chi connectivity index (χ2v) is 7.28. The van der Waals surface area contributed by atoms with Gasteiger partial charge < -0.3 is 9.80 Å². The Bertz CT molecular complexity index is 811. The maximum Gasteiger partial charge on any atom is 0.254 e. The third-order valence-electron chi connectivity index (χ3n) is 5.05. The van der Waals surface area contributed by atoms with E-state index in [2.05, 4.69) is 26.0 Å². The third-order valence-corrected chi connectivity index (χ3v) is 5.05. The van der Waals surface area contributed by atoms with Gasteiger partial charge in [-0.1, -0.05) is 43.7 Å². The molecule has 1 saturated heterocycles. The zero-order valence-corrected chi connectivity index (χ0v) is 15.9. The summed E-state index contributed by atoms with van der Waals surface area (Å²) < 4.78 is 0. The highest BCUT2D eigenvalue weighted by molar-refractivity contribution is 6.03. The lowest BCUT2D eigenvalue weighted by molar-refractivity contribution is -0.124. The van der Waals surface area contributed by atoms with Crippen molar-refractivity contribution in [3.63, 3.8) is 0 Å². The maximum atomic E-state index is 12.9.